The number of nitrogens with zero attached hydrogens (tertiary/aromatic N) is 5. The Kier molecular flexibility index (Phi) is 5.42. The van der Waals surface area contributed by atoms with Crippen molar-refractivity contribution < 1.29 is 13.2 Å². The first kappa shape index (κ1) is 20.7. The average Bonchev–Trinajstić information content (AvgIpc) is 3.38. The monoisotopic (exact) mass is 499 g/mol. The molecule has 1 aromatic carbocycles. The van der Waals surface area contributed by atoms with Crippen LogP contribution in [-0.4, -0.2) is 32.3 Å². The Labute approximate surface area is 190 Å². The summed E-state index contributed by atoms with van der Waals surface area (Å²) in [5.41, 5.74) is 2.21. The second-order valence-corrected chi connectivity index (χ2v) is 8.47. The molecule has 1 saturated heterocycles. The summed E-state index contributed by atoms with van der Waals surface area (Å²) in [4.78, 5) is 10.7. The van der Waals surface area contributed by atoms with E-state index >= 15 is 0 Å². The van der Waals surface area contributed by atoms with E-state index < -0.39 is 23.8 Å². The molecule has 162 valence electrons. The van der Waals surface area contributed by atoms with E-state index in [0.29, 0.717) is 11.5 Å². The van der Waals surface area contributed by atoms with Gasteiger partial charge in [0.15, 0.2) is 5.65 Å². The number of hydrogen-bond donors (Lipinski definition) is 0. The van der Waals surface area contributed by atoms with Crippen LogP contribution in [0.5, 0.6) is 0 Å². The van der Waals surface area contributed by atoms with Crippen LogP contribution in [0.4, 0.5) is 19.0 Å². The molecule has 1 fully saturated rings. The number of fused-ring (bicyclic) bond motifs is 1. The Morgan fingerprint density at radius 1 is 1.06 bits per heavy atom. The fourth-order valence-corrected chi connectivity index (χ4v) is 4.15. The van der Waals surface area contributed by atoms with Crippen molar-refractivity contribution in [1.29, 1.82) is 0 Å². The highest BCUT2D eigenvalue weighted by molar-refractivity contribution is 9.10. The number of rotatable bonds is 4. The van der Waals surface area contributed by atoms with Crippen molar-refractivity contribution in [2.45, 2.75) is 18.6 Å². The van der Waals surface area contributed by atoms with Crippen LogP contribution >= 0.6 is 15.9 Å². The predicted octanol–water partition coefficient (Wildman–Crippen LogP) is 5.62. The zero-order valence-corrected chi connectivity index (χ0v) is 18.3. The number of pyridine rings is 1. The lowest BCUT2D eigenvalue weighted by atomic mass is 10.0. The summed E-state index contributed by atoms with van der Waals surface area (Å²) < 4.78 is 45.1. The van der Waals surface area contributed by atoms with Gasteiger partial charge in [-0.1, -0.05) is 0 Å². The second-order valence-electron chi connectivity index (χ2n) is 7.56. The maximum absolute atomic E-state index is 14.4. The quantitative estimate of drug-likeness (QED) is 0.365. The molecule has 3 aromatic heterocycles. The van der Waals surface area contributed by atoms with E-state index in [2.05, 4.69) is 31.0 Å². The number of benzene rings is 1. The van der Waals surface area contributed by atoms with E-state index in [0.717, 1.165) is 33.9 Å². The predicted molar refractivity (Wildman–Crippen MR) is 120 cm³/mol. The first-order valence-electron chi connectivity index (χ1n) is 9.97. The molecule has 0 N–H and O–H groups in total. The maximum Gasteiger partial charge on any atom is 0.164 e. The van der Waals surface area contributed by atoms with E-state index in [9.17, 15) is 13.2 Å². The highest BCUT2D eigenvalue weighted by atomic mass is 79.9. The van der Waals surface area contributed by atoms with Gasteiger partial charge in [0.2, 0.25) is 0 Å². The zero-order valence-electron chi connectivity index (χ0n) is 16.7. The molecule has 0 unspecified atom stereocenters. The SMILES string of the molecule is Fc1ccc(F)c([C@H]2C[C@H](F)CN2c2ccn3ncc(/C=C/c4ccc(Br)cn4)c3n2)c1. The third-order valence-electron chi connectivity index (χ3n) is 5.43. The first-order valence-corrected chi connectivity index (χ1v) is 10.8. The molecule has 1 aliphatic heterocycles. The molecule has 0 aliphatic carbocycles. The number of hydrogen-bond acceptors (Lipinski definition) is 4. The minimum atomic E-state index is -1.17. The summed E-state index contributed by atoms with van der Waals surface area (Å²) in [6.45, 7) is 0.0475. The number of alkyl halides is 1. The van der Waals surface area contributed by atoms with Gasteiger partial charge in [-0.2, -0.15) is 5.10 Å². The highest BCUT2D eigenvalue weighted by Crippen LogP contribution is 2.38. The lowest BCUT2D eigenvalue weighted by Crippen LogP contribution is -2.25. The lowest BCUT2D eigenvalue weighted by molar-refractivity contribution is 0.355. The summed E-state index contributed by atoms with van der Waals surface area (Å²) in [7, 11) is 0. The molecular formula is C23H17BrF3N5. The number of aromatic nitrogens is 4. The molecule has 0 amide bonds. The van der Waals surface area contributed by atoms with E-state index in [1.165, 1.54) is 0 Å². The summed E-state index contributed by atoms with van der Waals surface area (Å²) in [6.07, 6.45) is 7.68. The van der Waals surface area contributed by atoms with E-state index in [4.69, 9.17) is 0 Å². The van der Waals surface area contributed by atoms with Crippen molar-refractivity contribution in [1.82, 2.24) is 19.6 Å². The van der Waals surface area contributed by atoms with Crippen LogP contribution in [0.15, 0.2) is 59.5 Å². The first-order chi connectivity index (χ1) is 15.5. The molecule has 2 atom stereocenters. The number of halogens is 4. The molecule has 4 aromatic rings. The minimum absolute atomic E-state index is 0.0475. The fraction of sp³-hybridized carbons (Fsp3) is 0.174. The fourth-order valence-electron chi connectivity index (χ4n) is 3.92. The molecule has 9 heteroatoms. The van der Waals surface area contributed by atoms with Gasteiger partial charge >= 0.3 is 0 Å². The molecule has 1 aliphatic rings. The summed E-state index contributed by atoms with van der Waals surface area (Å²) in [5.74, 6) is -0.647. The molecule has 32 heavy (non-hydrogen) atoms. The van der Waals surface area contributed by atoms with Gasteiger partial charge in [-0.15, -0.1) is 0 Å². The van der Waals surface area contributed by atoms with Crippen LogP contribution in [0.25, 0.3) is 17.8 Å². The molecule has 5 rings (SSSR count). The topological polar surface area (TPSA) is 46.3 Å². The van der Waals surface area contributed by atoms with Crippen molar-refractivity contribution in [3.63, 3.8) is 0 Å². The summed E-state index contributed by atoms with van der Waals surface area (Å²) in [6, 6.07) is 8.07. The Balaban J connectivity index is 1.50. The van der Waals surface area contributed by atoms with Crippen molar-refractivity contribution in [2.24, 2.45) is 0 Å². The number of anilines is 1. The molecule has 4 heterocycles. The van der Waals surface area contributed by atoms with E-state index in [-0.39, 0.29) is 18.5 Å². The van der Waals surface area contributed by atoms with Gasteiger partial charge in [-0.05, 0) is 64.5 Å². The van der Waals surface area contributed by atoms with Gasteiger partial charge in [0, 0.05) is 34.4 Å². The molecule has 0 bridgehead atoms. The molecule has 0 saturated carbocycles. The third kappa shape index (κ3) is 4.00. The Morgan fingerprint density at radius 3 is 2.75 bits per heavy atom. The van der Waals surface area contributed by atoms with Gasteiger partial charge in [0.25, 0.3) is 0 Å². The van der Waals surface area contributed by atoms with Crippen LogP contribution in [0.3, 0.4) is 0 Å². The van der Waals surface area contributed by atoms with Gasteiger partial charge < -0.3 is 4.90 Å². The van der Waals surface area contributed by atoms with Gasteiger partial charge in [0.05, 0.1) is 24.5 Å². The van der Waals surface area contributed by atoms with Crippen LogP contribution in [0, 0.1) is 11.6 Å². The van der Waals surface area contributed by atoms with Gasteiger partial charge in [0.1, 0.15) is 23.6 Å². The van der Waals surface area contributed by atoms with E-state index in [1.807, 2.05) is 24.3 Å². The van der Waals surface area contributed by atoms with E-state index in [1.54, 1.807) is 34.1 Å². The standard InChI is InChI=1S/C23H17BrF3N5/c24-15-2-5-18(28-12-15)4-1-14-11-29-32-8-7-22(30-23(14)32)31-13-17(26)10-21(31)19-9-16(25)3-6-20(19)27/h1-9,11-12,17,21H,10,13H2/b4-1+/t17-,21+/m0/s1. The largest absolute Gasteiger partial charge is 0.346 e. The van der Waals surface area contributed by atoms with Crippen molar-refractivity contribution in [2.75, 3.05) is 11.4 Å². The highest BCUT2D eigenvalue weighted by Gasteiger charge is 2.36. The van der Waals surface area contributed by atoms with Crippen molar-refractivity contribution in [3.05, 3.63) is 87.9 Å². The van der Waals surface area contributed by atoms with Crippen molar-refractivity contribution in [3.8, 4) is 0 Å². The van der Waals surface area contributed by atoms with Gasteiger partial charge in [-0.25, -0.2) is 22.7 Å². The van der Waals surface area contributed by atoms with Gasteiger partial charge in [-0.3, -0.25) is 4.98 Å². The van der Waals surface area contributed by atoms with Crippen molar-refractivity contribution >= 4 is 39.5 Å². The van der Waals surface area contributed by atoms with Crippen LogP contribution < -0.4 is 4.90 Å². The summed E-state index contributed by atoms with van der Waals surface area (Å²) >= 11 is 3.36. The normalized spacial score (nSPS) is 18.8. The second kappa shape index (κ2) is 8.38. The van der Waals surface area contributed by atoms with Crippen LogP contribution in [0.1, 0.15) is 29.3 Å². The molecule has 0 spiro atoms. The summed E-state index contributed by atoms with van der Waals surface area (Å²) in [5, 5.41) is 4.30. The smallest absolute Gasteiger partial charge is 0.164 e. The maximum atomic E-state index is 14.4. The van der Waals surface area contributed by atoms with Crippen LogP contribution in [0.2, 0.25) is 0 Å². The average molecular weight is 500 g/mol. The Morgan fingerprint density at radius 2 is 1.94 bits per heavy atom. The lowest BCUT2D eigenvalue weighted by Gasteiger charge is -2.26. The Bertz CT molecular complexity index is 1300. The molecule has 0 radical (unpaired) electrons. The minimum Gasteiger partial charge on any atom is -0.346 e. The van der Waals surface area contributed by atoms with Crippen LogP contribution in [-0.2, 0) is 0 Å². The molecule has 5 nitrogen and oxygen atoms in total. The zero-order chi connectivity index (χ0) is 22.2. The molecular weight excluding hydrogens is 483 g/mol. The third-order valence-corrected chi connectivity index (χ3v) is 5.90. The Hall–Kier alpha value is -3.20.